The van der Waals surface area contributed by atoms with Gasteiger partial charge in [0.2, 0.25) is 0 Å². The van der Waals surface area contributed by atoms with Gasteiger partial charge >= 0.3 is 0 Å². The number of hydrogen-bond acceptors (Lipinski definition) is 5. The Hall–Kier alpha value is -1.75. The Morgan fingerprint density at radius 1 is 1.40 bits per heavy atom. The van der Waals surface area contributed by atoms with E-state index in [-0.39, 0.29) is 20.5 Å². The molecule has 0 saturated heterocycles. The minimum absolute atomic E-state index is 0.00177. The molecule has 0 atom stereocenters. The lowest BCUT2D eigenvalue weighted by Crippen LogP contribution is -2.11. The van der Waals surface area contributed by atoms with Gasteiger partial charge in [-0.1, -0.05) is 11.6 Å². The van der Waals surface area contributed by atoms with Crippen LogP contribution in [0.15, 0.2) is 28.5 Å². The van der Waals surface area contributed by atoms with Crippen molar-refractivity contribution in [1.29, 1.82) is 5.26 Å². The average Bonchev–Trinajstić information content (AvgIpc) is 2.84. The molecule has 8 heteroatoms. The van der Waals surface area contributed by atoms with Crippen molar-refractivity contribution in [1.82, 2.24) is 0 Å². The fraction of sp³-hybridized carbons (Fsp3) is 0.0833. The summed E-state index contributed by atoms with van der Waals surface area (Å²) >= 11 is 6.68. The molecule has 5 nitrogen and oxygen atoms in total. The first-order valence-electron chi connectivity index (χ1n) is 5.35. The molecule has 0 aliphatic rings. The van der Waals surface area contributed by atoms with Gasteiger partial charge in [0.15, 0.2) is 0 Å². The van der Waals surface area contributed by atoms with Crippen LogP contribution in [0, 0.1) is 18.3 Å². The molecule has 104 valence electrons. The highest BCUT2D eigenvalue weighted by Crippen LogP contribution is 2.33. The number of phenolic OH excluding ortho intramolecular Hbond substituents is 1. The van der Waals surface area contributed by atoms with Crippen molar-refractivity contribution < 1.29 is 13.5 Å². The van der Waals surface area contributed by atoms with Crippen LogP contribution < -0.4 is 4.72 Å². The molecule has 0 unspecified atom stereocenters. The van der Waals surface area contributed by atoms with E-state index in [1.54, 1.807) is 6.92 Å². The first-order valence-corrected chi connectivity index (χ1v) is 8.03. The number of sulfonamides is 1. The fourth-order valence-corrected chi connectivity index (χ4v) is 3.97. The molecular weight excluding hydrogens is 320 g/mol. The molecular formula is C12H9ClN2O3S2. The lowest BCUT2D eigenvalue weighted by molar-refractivity contribution is 0.473. The topological polar surface area (TPSA) is 90.2 Å². The molecule has 0 aliphatic heterocycles. The van der Waals surface area contributed by atoms with E-state index in [4.69, 9.17) is 16.9 Å². The summed E-state index contributed by atoms with van der Waals surface area (Å²) in [6.45, 7) is 1.61. The summed E-state index contributed by atoms with van der Waals surface area (Å²) in [5.41, 5.74) is 0.459. The van der Waals surface area contributed by atoms with Gasteiger partial charge in [-0.2, -0.15) is 5.26 Å². The van der Waals surface area contributed by atoms with Crippen molar-refractivity contribution in [3.8, 4) is 11.8 Å². The van der Waals surface area contributed by atoms with Crippen molar-refractivity contribution in [3.05, 3.63) is 39.7 Å². The third-order valence-electron chi connectivity index (χ3n) is 2.47. The van der Waals surface area contributed by atoms with Crippen LogP contribution in [0.1, 0.15) is 10.4 Å². The number of anilines is 1. The van der Waals surface area contributed by atoms with E-state index in [1.165, 1.54) is 24.3 Å². The third kappa shape index (κ3) is 2.88. The Labute approximate surface area is 125 Å². The molecule has 1 aromatic carbocycles. The van der Waals surface area contributed by atoms with Gasteiger partial charge in [-0.05, 0) is 36.8 Å². The van der Waals surface area contributed by atoms with Crippen LogP contribution in [-0.4, -0.2) is 13.5 Å². The maximum Gasteiger partial charge on any atom is 0.271 e. The van der Waals surface area contributed by atoms with Crippen molar-refractivity contribution in [2.45, 2.75) is 11.1 Å². The molecule has 2 rings (SSSR count). The van der Waals surface area contributed by atoms with Crippen LogP contribution in [0.3, 0.4) is 0 Å². The summed E-state index contributed by atoms with van der Waals surface area (Å²) in [6.07, 6.45) is 0. The van der Waals surface area contributed by atoms with Crippen molar-refractivity contribution >= 4 is 38.6 Å². The maximum absolute atomic E-state index is 12.1. The smallest absolute Gasteiger partial charge is 0.271 e. The first-order chi connectivity index (χ1) is 9.33. The van der Waals surface area contributed by atoms with Gasteiger partial charge < -0.3 is 5.11 Å². The van der Waals surface area contributed by atoms with E-state index in [9.17, 15) is 13.5 Å². The van der Waals surface area contributed by atoms with E-state index >= 15 is 0 Å². The Morgan fingerprint density at radius 2 is 2.10 bits per heavy atom. The van der Waals surface area contributed by atoms with Gasteiger partial charge in [-0.15, -0.1) is 11.3 Å². The SMILES string of the molecule is Cc1cc(Cl)cc(NS(=O)(=O)c2ccc(C#N)s2)c1O. The Morgan fingerprint density at radius 3 is 2.70 bits per heavy atom. The second-order valence-electron chi connectivity index (χ2n) is 3.95. The van der Waals surface area contributed by atoms with E-state index in [2.05, 4.69) is 4.72 Å². The number of thiophene rings is 1. The lowest BCUT2D eigenvalue weighted by Gasteiger charge is -2.10. The number of phenols is 1. The average molecular weight is 329 g/mol. The molecule has 0 saturated carbocycles. The number of hydrogen-bond donors (Lipinski definition) is 2. The Kier molecular flexibility index (Phi) is 3.90. The van der Waals surface area contributed by atoms with Crippen LogP contribution in [0.4, 0.5) is 5.69 Å². The highest BCUT2D eigenvalue weighted by atomic mass is 35.5. The van der Waals surface area contributed by atoms with Crippen LogP contribution in [0.2, 0.25) is 5.02 Å². The number of nitrogens with zero attached hydrogens (tertiary/aromatic N) is 1. The molecule has 0 radical (unpaired) electrons. The largest absolute Gasteiger partial charge is 0.505 e. The third-order valence-corrected chi connectivity index (χ3v) is 5.53. The summed E-state index contributed by atoms with van der Waals surface area (Å²) in [4.78, 5) is 0.289. The predicted octanol–water partition coefficient (Wildman–Crippen LogP) is 3.09. The van der Waals surface area contributed by atoms with Gasteiger partial charge in [0.25, 0.3) is 10.0 Å². The molecule has 0 amide bonds. The van der Waals surface area contributed by atoms with E-state index in [0.29, 0.717) is 10.6 Å². The van der Waals surface area contributed by atoms with Crippen LogP contribution in [0.5, 0.6) is 5.75 Å². The van der Waals surface area contributed by atoms with Gasteiger partial charge in [-0.25, -0.2) is 8.42 Å². The highest BCUT2D eigenvalue weighted by Gasteiger charge is 2.19. The van der Waals surface area contributed by atoms with Crippen molar-refractivity contribution in [2.24, 2.45) is 0 Å². The Balaban J connectivity index is 2.41. The number of rotatable bonds is 3. The van der Waals surface area contributed by atoms with Crippen molar-refractivity contribution in [3.63, 3.8) is 0 Å². The zero-order valence-corrected chi connectivity index (χ0v) is 12.6. The predicted molar refractivity (Wildman–Crippen MR) is 77.7 cm³/mol. The summed E-state index contributed by atoms with van der Waals surface area (Å²) in [6, 6.07) is 7.46. The van der Waals surface area contributed by atoms with E-state index in [1.807, 2.05) is 6.07 Å². The minimum Gasteiger partial charge on any atom is -0.505 e. The number of nitriles is 1. The molecule has 0 fully saturated rings. The lowest BCUT2D eigenvalue weighted by atomic mass is 10.2. The number of aryl methyl sites for hydroxylation is 1. The highest BCUT2D eigenvalue weighted by molar-refractivity contribution is 7.94. The molecule has 20 heavy (non-hydrogen) atoms. The molecule has 1 aromatic heterocycles. The van der Waals surface area contributed by atoms with Crippen LogP contribution >= 0.6 is 22.9 Å². The second-order valence-corrected chi connectivity index (χ2v) is 7.38. The van der Waals surface area contributed by atoms with Gasteiger partial charge in [0.05, 0.1) is 5.69 Å². The van der Waals surface area contributed by atoms with Crippen molar-refractivity contribution in [2.75, 3.05) is 4.72 Å². The quantitative estimate of drug-likeness (QED) is 0.847. The minimum atomic E-state index is -3.86. The van der Waals surface area contributed by atoms with Gasteiger partial charge in [-0.3, -0.25) is 4.72 Å². The second kappa shape index (κ2) is 5.32. The molecule has 1 heterocycles. The zero-order valence-electron chi connectivity index (χ0n) is 10.2. The first kappa shape index (κ1) is 14.7. The molecule has 0 aliphatic carbocycles. The monoisotopic (exact) mass is 328 g/mol. The summed E-state index contributed by atoms with van der Waals surface area (Å²) in [5, 5.41) is 18.9. The van der Waals surface area contributed by atoms with E-state index in [0.717, 1.165) is 11.3 Å². The summed E-state index contributed by atoms with van der Waals surface area (Å²) < 4.78 is 26.5. The Bertz CT molecular complexity index is 807. The standard InChI is InChI=1S/C12H9ClN2O3S2/c1-7-4-8(13)5-10(12(7)16)15-20(17,18)11-3-2-9(6-14)19-11/h2-5,15-16H,1H3. The normalized spacial score (nSPS) is 11.1. The zero-order chi connectivity index (χ0) is 14.9. The van der Waals surface area contributed by atoms with Crippen LogP contribution in [-0.2, 0) is 10.0 Å². The number of aromatic hydroxyl groups is 1. The fourth-order valence-electron chi connectivity index (χ4n) is 1.53. The van der Waals surface area contributed by atoms with Crippen LogP contribution in [0.25, 0.3) is 0 Å². The molecule has 0 bridgehead atoms. The molecule has 0 spiro atoms. The van der Waals surface area contributed by atoms with Gasteiger partial charge in [0, 0.05) is 5.02 Å². The number of benzene rings is 1. The van der Waals surface area contributed by atoms with Gasteiger partial charge in [0.1, 0.15) is 20.9 Å². The molecule has 2 aromatic rings. The van der Waals surface area contributed by atoms with E-state index < -0.39 is 10.0 Å². The summed E-state index contributed by atoms with van der Waals surface area (Å²) in [5.74, 6) is -0.185. The number of halogens is 1. The molecule has 2 N–H and O–H groups in total. The summed E-state index contributed by atoms with van der Waals surface area (Å²) in [7, 11) is -3.86. The maximum atomic E-state index is 12.1. The number of nitrogens with one attached hydrogen (secondary N) is 1.